The van der Waals surface area contributed by atoms with E-state index in [9.17, 15) is 9.59 Å². The van der Waals surface area contributed by atoms with Gasteiger partial charge in [0.1, 0.15) is 0 Å². The molecule has 0 fully saturated rings. The largest absolute Gasteiger partial charge is 0.493 e. The molecule has 0 spiro atoms. The van der Waals surface area contributed by atoms with E-state index in [4.69, 9.17) is 9.47 Å². The molecule has 7 heteroatoms. The van der Waals surface area contributed by atoms with Gasteiger partial charge in [0.05, 0.1) is 19.0 Å². The van der Waals surface area contributed by atoms with Gasteiger partial charge < -0.3 is 14.4 Å². The summed E-state index contributed by atoms with van der Waals surface area (Å²) in [7, 11) is 1.45. The standard InChI is InChI=1S/C22H23N3O4/c1-4-24(17-11-7-5-8-12-17)21(26)16(2)29-22(27)20-19(28-3)15-25(23-20)18-13-9-6-10-14-18/h5-16H,4H2,1-3H3/t16-/m1/s1. The number of hydrogen-bond acceptors (Lipinski definition) is 5. The third-order valence-corrected chi connectivity index (χ3v) is 4.40. The molecule has 3 aromatic rings. The smallest absolute Gasteiger partial charge is 0.363 e. The number of anilines is 1. The van der Waals surface area contributed by atoms with Gasteiger partial charge >= 0.3 is 5.97 Å². The maximum Gasteiger partial charge on any atom is 0.363 e. The maximum atomic E-state index is 12.8. The molecule has 0 bridgehead atoms. The number of para-hydroxylation sites is 2. The molecule has 29 heavy (non-hydrogen) atoms. The van der Waals surface area contributed by atoms with E-state index in [1.807, 2.05) is 67.6 Å². The zero-order valence-electron chi connectivity index (χ0n) is 16.6. The number of benzene rings is 2. The minimum Gasteiger partial charge on any atom is -0.493 e. The summed E-state index contributed by atoms with van der Waals surface area (Å²) in [4.78, 5) is 27.1. The summed E-state index contributed by atoms with van der Waals surface area (Å²) in [5.74, 6) is -0.760. The first kappa shape index (κ1) is 20.1. The van der Waals surface area contributed by atoms with Gasteiger partial charge in [-0.2, -0.15) is 5.10 Å². The Morgan fingerprint density at radius 1 is 1.07 bits per heavy atom. The second kappa shape index (κ2) is 9.05. The Morgan fingerprint density at radius 2 is 1.69 bits per heavy atom. The van der Waals surface area contributed by atoms with Gasteiger partial charge in [-0.05, 0) is 38.1 Å². The Labute approximate surface area is 169 Å². The van der Waals surface area contributed by atoms with E-state index in [1.165, 1.54) is 11.8 Å². The quantitative estimate of drug-likeness (QED) is 0.575. The molecular formula is C22H23N3O4. The van der Waals surface area contributed by atoms with Crippen molar-refractivity contribution in [2.75, 3.05) is 18.6 Å². The van der Waals surface area contributed by atoms with Crippen LogP contribution in [0.3, 0.4) is 0 Å². The maximum absolute atomic E-state index is 12.8. The minimum absolute atomic E-state index is 0.0127. The molecule has 0 saturated heterocycles. The second-order valence-electron chi connectivity index (χ2n) is 6.29. The zero-order valence-corrected chi connectivity index (χ0v) is 16.6. The Bertz CT molecular complexity index is 970. The molecule has 0 N–H and O–H groups in total. The highest BCUT2D eigenvalue weighted by atomic mass is 16.6. The average Bonchev–Trinajstić information content (AvgIpc) is 3.20. The van der Waals surface area contributed by atoms with Crippen LogP contribution in [0.4, 0.5) is 5.69 Å². The number of likely N-dealkylation sites (N-methyl/N-ethyl adjacent to an activating group) is 1. The predicted molar refractivity (Wildman–Crippen MR) is 109 cm³/mol. The van der Waals surface area contributed by atoms with Crippen molar-refractivity contribution in [3.63, 3.8) is 0 Å². The van der Waals surface area contributed by atoms with E-state index >= 15 is 0 Å². The predicted octanol–water partition coefficient (Wildman–Crippen LogP) is 3.48. The van der Waals surface area contributed by atoms with Crippen LogP contribution in [0.2, 0.25) is 0 Å². The van der Waals surface area contributed by atoms with Crippen LogP contribution >= 0.6 is 0 Å². The molecule has 1 atom stereocenters. The summed E-state index contributed by atoms with van der Waals surface area (Å²) in [6.07, 6.45) is 0.620. The third-order valence-electron chi connectivity index (χ3n) is 4.40. The van der Waals surface area contributed by atoms with E-state index in [1.54, 1.807) is 18.0 Å². The number of esters is 1. The van der Waals surface area contributed by atoms with Gasteiger partial charge in [0.2, 0.25) is 5.69 Å². The number of carbonyl (C=O) groups excluding carboxylic acids is 2. The Hall–Kier alpha value is -3.61. The van der Waals surface area contributed by atoms with Crippen molar-refractivity contribution in [3.8, 4) is 11.4 Å². The van der Waals surface area contributed by atoms with Crippen molar-refractivity contribution in [2.45, 2.75) is 20.0 Å². The number of rotatable bonds is 7. The molecule has 1 aromatic heterocycles. The second-order valence-corrected chi connectivity index (χ2v) is 6.29. The molecule has 7 nitrogen and oxygen atoms in total. The number of carbonyl (C=O) groups is 2. The highest BCUT2D eigenvalue weighted by molar-refractivity contribution is 5.99. The van der Waals surface area contributed by atoms with Crippen LogP contribution in [0.25, 0.3) is 5.69 Å². The number of ether oxygens (including phenoxy) is 2. The molecule has 0 radical (unpaired) electrons. The van der Waals surface area contributed by atoms with Gasteiger partial charge in [-0.3, -0.25) is 4.79 Å². The normalized spacial score (nSPS) is 11.6. The molecule has 0 saturated carbocycles. The third kappa shape index (κ3) is 4.45. The molecule has 1 heterocycles. The lowest BCUT2D eigenvalue weighted by atomic mass is 10.2. The number of nitrogens with zero attached hydrogens (tertiary/aromatic N) is 3. The summed E-state index contributed by atoms with van der Waals surface area (Å²) in [6.45, 7) is 3.87. The summed E-state index contributed by atoms with van der Waals surface area (Å²) in [5.41, 5.74) is 1.53. The van der Waals surface area contributed by atoms with Gasteiger partial charge in [0.15, 0.2) is 11.9 Å². The summed E-state index contributed by atoms with van der Waals surface area (Å²) in [6, 6.07) is 18.6. The number of methoxy groups -OCH3 is 1. The molecule has 0 aliphatic heterocycles. The molecule has 2 aromatic carbocycles. The van der Waals surface area contributed by atoms with E-state index in [2.05, 4.69) is 5.10 Å². The molecule has 150 valence electrons. The highest BCUT2D eigenvalue weighted by Crippen LogP contribution is 2.21. The summed E-state index contributed by atoms with van der Waals surface area (Å²) < 4.78 is 12.2. The van der Waals surface area contributed by atoms with Crippen LogP contribution in [0, 0.1) is 0 Å². The number of hydrogen-bond donors (Lipinski definition) is 0. The van der Waals surface area contributed by atoms with E-state index < -0.39 is 12.1 Å². The van der Waals surface area contributed by atoms with Gasteiger partial charge in [0.25, 0.3) is 5.91 Å². The van der Waals surface area contributed by atoms with Crippen LogP contribution in [0.15, 0.2) is 66.9 Å². The van der Waals surface area contributed by atoms with Crippen LogP contribution in [-0.2, 0) is 9.53 Å². The first-order valence-electron chi connectivity index (χ1n) is 9.31. The van der Waals surface area contributed by atoms with E-state index in [-0.39, 0.29) is 17.4 Å². The van der Waals surface area contributed by atoms with Crippen LogP contribution < -0.4 is 9.64 Å². The van der Waals surface area contributed by atoms with Crippen molar-refractivity contribution < 1.29 is 19.1 Å². The fourth-order valence-electron chi connectivity index (χ4n) is 2.92. The van der Waals surface area contributed by atoms with Crippen LogP contribution in [-0.4, -0.2) is 41.4 Å². The topological polar surface area (TPSA) is 73.7 Å². The van der Waals surface area contributed by atoms with Crippen molar-refractivity contribution in [2.24, 2.45) is 0 Å². The molecule has 3 rings (SSSR count). The number of aromatic nitrogens is 2. The van der Waals surface area contributed by atoms with Gasteiger partial charge in [-0.1, -0.05) is 36.4 Å². The van der Waals surface area contributed by atoms with E-state index in [0.717, 1.165) is 11.4 Å². The first-order chi connectivity index (χ1) is 14.0. The van der Waals surface area contributed by atoms with Crippen molar-refractivity contribution in [3.05, 3.63) is 72.6 Å². The Balaban J connectivity index is 1.77. The zero-order chi connectivity index (χ0) is 20.8. The van der Waals surface area contributed by atoms with Gasteiger partial charge in [-0.15, -0.1) is 0 Å². The minimum atomic E-state index is -0.978. The fourth-order valence-corrected chi connectivity index (χ4v) is 2.92. The van der Waals surface area contributed by atoms with E-state index in [0.29, 0.717) is 6.54 Å². The molecule has 0 aliphatic rings. The molecule has 1 amide bonds. The monoisotopic (exact) mass is 393 g/mol. The highest BCUT2D eigenvalue weighted by Gasteiger charge is 2.27. The summed E-state index contributed by atoms with van der Waals surface area (Å²) in [5, 5.41) is 4.28. The first-order valence-corrected chi connectivity index (χ1v) is 9.31. The molecular weight excluding hydrogens is 370 g/mol. The van der Waals surface area contributed by atoms with Gasteiger partial charge in [-0.25, -0.2) is 9.48 Å². The average molecular weight is 393 g/mol. The van der Waals surface area contributed by atoms with Crippen LogP contribution in [0.1, 0.15) is 24.3 Å². The SMILES string of the molecule is CCN(C(=O)[C@@H](C)OC(=O)c1nn(-c2ccccc2)cc1OC)c1ccccc1. The Kier molecular flexibility index (Phi) is 6.29. The van der Waals surface area contributed by atoms with Crippen molar-refractivity contribution in [1.82, 2.24) is 9.78 Å². The molecule has 0 unspecified atom stereocenters. The van der Waals surface area contributed by atoms with Crippen molar-refractivity contribution in [1.29, 1.82) is 0 Å². The lowest BCUT2D eigenvalue weighted by molar-refractivity contribution is -0.126. The van der Waals surface area contributed by atoms with Crippen molar-refractivity contribution >= 4 is 17.6 Å². The Morgan fingerprint density at radius 3 is 2.28 bits per heavy atom. The fraction of sp³-hybridized carbons (Fsp3) is 0.227. The summed E-state index contributed by atoms with van der Waals surface area (Å²) >= 11 is 0. The van der Waals surface area contributed by atoms with Crippen LogP contribution in [0.5, 0.6) is 5.75 Å². The lowest BCUT2D eigenvalue weighted by Gasteiger charge is -2.24. The number of amides is 1. The molecule has 0 aliphatic carbocycles. The van der Waals surface area contributed by atoms with Gasteiger partial charge in [0, 0.05) is 12.2 Å². The lowest BCUT2D eigenvalue weighted by Crippen LogP contribution is -2.40.